The van der Waals surface area contributed by atoms with Gasteiger partial charge in [0.05, 0.1) is 25.0 Å². The van der Waals surface area contributed by atoms with Crippen LogP contribution in [0.15, 0.2) is 0 Å². The lowest BCUT2D eigenvalue weighted by molar-refractivity contribution is -0.197. The summed E-state index contributed by atoms with van der Waals surface area (Å²) >= 11 is 0. The second-order valence-corrected chi connectivity index (χ2v) is 6.52. The normalized spacial score (nSPS) is 31.5. The molecule has 5 heteroatoms. The predicted molar refractivity (Wildman–Crippen MR) is 78.6 cm³/mol. The van der Waals surface area contributed by atoms with E-state index in [0.29, 0.717) is 13.2 Å². The molecule has 1 saturated heterocycles. The van der Waals surface area contributed by atoms with Crippen molar-refractivity contribution in [2.75, 3.05) is 26.3 Å². The summed E-state index contributed by atoms with van der Waals surface area (Å²) in [5.41, 5.74) is -0.256. The Bertz CT molecular complexity index is 401. The molecule has 0 aromatic carbocycles. The van der Waals surface area contributed by atoms with Crippen molar-refractivity contribution in [2.24, 2.45) is 17.3 Å². The topological polar surface area (TPSA) is 55.8 Å². The molecule has 2 rings (SSSR count). The van der Waals surface area contributed by atoms with Crippen LogP contribution in [-0.4, -0.2) is 49.2 Å². The number of rotatable bonds is 5. The maximum absolute atomic E-state index is 12.3. The Morgan fingerprint density at radius 1 is 1.05 bits per heavy atom. The number of esters is 2. The van der Waals surface area contributed by atoms with Gasteiger partial charge in [-0.15, -0.1) is 0 Å². The van der Waals surface area contributed by atoms with Gasteiger partial charge in [0.25, 0.3) is 0 Å². The summed E-state index contributed by atoms with van der Waals surface area (Å²) in [6.45, 7) is 10.4. The van der Waals surface area contributed by atoms with E-state index in [-0.39, 0.29) is 23.4 Å². The Morgan fingerprint density at radius 2 is 1.57 bits per heavy atom. The number of ether oxygens (including phenoxy) is 2. The third-order valence-electron chi connectivity index (χ3n) is 4.90. The van der Waals surface area contributed by atoms with Crippen molar-refractivity contribution in [2.45, 2.75) is 46.6 Å². The molecule has 1 aliphatic heterocycles. The molecule has 2 aliphatic rings. The molecule has 0 amide bonds. The molecule has 1 heterocycles. The maximum Gasteiger partial charge on any atom is 0.311 e. The highest BCUT2D eigenvalue weighted by molar-refractivity contribution is 5.86. The van der Waals surface area contributed by atoms with Gasteiger partial charge in [0, 0.05) is 6.04 Å². The maximum atomic E-state index is 12.3. The number of carbonyl (C=O) groups is 2. The minimum atomic E-state index is -0.401. The van der Waals surface area contributed by atoms with E-state index >= 15 is 0 Å². The third kappa shape index (κ3) is 2.80. The average Bonchev–Trinajstić information content (AvgIpc) is 2.90. The van der Waals surface area contributed by atoms with Gasteiger partial charge in [-0.05, 0) is 45.2 Å². The highest BCUT2D eigenvalue weighted by atomic mass is 16.5. The van der Waals surface area contributed by atoms with Gasteiger partial charge in [0.15, 0.2) is 0 Å². The molecule has 0 bridgehead atoms. The standard InChI is InChI=1S/C16H27NO4/c1-5-20-14(18)11-12(15(19)21-6-2)16(3,4)13(11)17-9-7-8-10-17/h11-13H,5-10H2,1-4H3/t11-,12-,13+/m0/s1. The van der Waals surface area contributed by atoms with Crippen LogP contribution >= 0.6 is 0 Å². The van der Waals surface area contributed by atoms with E-state index in [0.717, 1.165) is 25.9 Å². The lowest BCUT2D eigenvalue weighted by atomic mass is 9.51. The Labute approximate surface area is 127 Å². The second kappa shape index (κ2) is 6.34. The molecule has 0 spiro atoms. The monoisotopic (exact) mass is 297 g/mol. The zero-order valence-electron chi connectivity index (χ0n) is 13.6. The molecule has 0 N–H and O–H groups in total. The fourth-order valence-electron chi connectivity index (χ4n) is 4.08. The van der Waals surface area contributed by atoms with E-state index in [1.807, 2.05) is 0 Å². The summed E-state index contributed by atoms with van der Waals surface area (Å²) in [5.74, 6) is -1.32. The van der Waals surface area contributed by atoms with Crippen LogP contribution in [0.1, 0.15) is 40.5 Å². The molecule has 0 radical (unpaired) electrons. The first-order chi connectivity index (χ1) is 9.95. The number of hydrogen-bond donors (Lipinski definition) is 0. The summed E-state index contributed by atoms with van der Waals surface area (Å²) in [5, 5.41) is 0. The number of carbonyl (C=O) groups excluding carboxylic acids is 2. The largest absolute Gasteiger partial charge is 0.466 e. The first-order valence-corrected chi connectivity index (χ1v) is 8.02. The van der Waals surface area contributed by atoms with Gasteiger partial charge in [-0.2, -0.15) is 0 Å². The van der Waals surface area contributed by atoms with Gasteiger partial charge in [0.1, 0.15) is 0 Å². The van der Waals surface area contributed by atoms with E-state index in [9.17, 15) is 9.59 Å². The Morgan fingerprint density at radius 3 is 2.10 bits per heavy atom. The van der Waals surface area contributed by atoms with Crippen molar-refractivity contribution in [3.63, 3.8) is 0 Å². The van der Waals surface area contributed by atoms with Crippen LogP contribution in [-0.2, 0) is 19.1 Å². The zero-order chi connectivity index (χ0) is 15.6. The highest BCUT2D eigenvalue weighted by Gasteiger charge is 2.65. The average molecular weight is 297 g/mol. The van der Waals surface area contributed by atoms with Crippen molar-refractivity contribution < 1.29 is 19.1 Å². The summed E-state index contributed by atoms with van der Waals surface area (Å²) in [4.78, 5) is 27.0. The second-order valence-electron chi connectivity index (χ2n) is 6.52. The van der Waals surface area contributed by atoms with Crippen molar-refractivity contribution in [3.8, 4) is 0 Å². The van der Waals surface area contributed by atoms with Gasteiger partial charge in [-0.1, -0.05) is 13.8 Å². The molecular formula is C16H27NO4. The first-order valence-electron chi connectivity index (χ1n) is 8.02. The van der Waals surface area contributed by atoms with Gasteiger partial charge in [0.2, 0.25) is 0 Å². The first kappa shape index (κ1) is 16.3. The van der Waals surface area contributed by atoms with E-state index in [1.165, 1.54) is 0 Å². The SMILES string of the molecule is CCOC(=O)[C@H]1[C@@H](C(=O)OCC)C(C)(C)[C@@H]1N1CCCC1. The fraction of sp³-hybridized carbons (Fsp3) is 0.875. The molecule has 0 aromatic heterocycles. The summed E-state index contributed by atoms with van der Waals surface area (Å²) < 4.78 is 10.4. The molecule has 5 nitrogen and oxygen atoms in total. The number of likely N-dealkylation sites (tertiary alicyclic amines) is 1. The van der Waals surface area contributed by atoms with Crippen LogP contribution in [0.3, 0.4) is 0 Å². The number of hydrogen-bond acceptors (Lipinski definition) is 5. The molecule has 120 valence electrons. The van der Waals surface area contributed by atoms with Gasteiger partial charge < -0.3 is 9.47 Å². The van der Waals surface area contributed by atoms with Crippen LogP contribution in [0.25, 0.3) is 0 Å². The van der Waals surface area contributed by atoms with Crippen molar-refractivity contribution >= 4 is 11.9 Å². The van der Waals surface area contributed by atoms with Crippen molar-refractivity contribution in [1.29, 1.82) is 0 Å². The fourth-order valence-corrected chi connectivity index (χ4v) is 4.08. The lowest BCUT2D eigenvalue weighted by Crippen LogP contribution is -2.69. The molecule has 3 atom stereocenters. The Hall–Kier alpha value is -1.10. The molecule has 1 aliphatic carbocycles. The van der Waals surface area contributed by atoms with E-state index in [4.69, 9.17) is 9.47 Å². The number of nitrogens with zero attached hydrogens (tertiary/aromatic N) is 1. The van der Waals surface area contributed by atoms with Crippen LogP contribution in [0.2, 0.25) is 0 Å². The molecule has 1 saturated carbocycles. The predicted octanol–water partition coefficient (Wildman–Crippen LogP) is 1.85. The summed E-state index contributed by atoms with van der Waals surface area (Å²) in [6.07, 6.45) is 2.32. The van der Waals surface area contributed by atoms with Crippen molar-refractivity contribution in [1.82, 2.24) is 4.90 Å². The van der Waals surface area contributed by atoms with E-state index in [1.54, 1.807) is 13.8 Å². The smallest absolute Gasteiger partial charge is 0.311 e. The Balaban J connectivity index is 2.22. The van der Waals surface area contributed by atoms with Gasteiger partial charge in [-0.3, -0.25) is 14.5 Å². The summed E-state index contributed by atoms with van der Waals surface area (Å²) in [7, 11) is 0. The molecule has 2 fully saturated rings. The zero-order valence-corrected chi connectivity index (χ0v) is 13.6. The molecule has 0 aromatic rings. The van der Waals surface area contributed by atoms with Gasteiger partial charge in [-0.25, -0.2) is 0 Å². The van der Waals surface area contributed by atoms with Crippen molar-refractivity contribution in [3.05, 3.63) is 0 Å². The van der Waals surface area contributed by atoms with Crippen LogP contribution in [0.4, 0.5) is 0 Å². The lowest BCUT2D eigenvalue weighted by Gasteiger charge is -2.58. The van der Waals surface area contributed by atoms with Crippen LogP contribution < -0.4 is 0 Å². The molecule has 0 unspecified atom stereocenters. The molecular weight excluding hydrogens is 270 g/mol. The minimum Gasteiger partial charge on any atom is -0.466 e. The minimum absolute atomic E-state index is 0.0773. The van der Waals surface area contributed by atoms with Gasteiger partial charge >= 0.3 is 11.9 Å². The van der Waals surface area contributed by atoms with Crippen LogP contribution in [0.5, 0.6) is 0 Å². The van der Waals surface area contributed by atoms with Crippen LogP contribution in [0, 0.1) is 17.3 Å². The molecule has 21 heavy (non-hydrogen) atoms. The quantitative estimate of drug-likeness (QED) is 0.725. The Kier molecular flexibility index (Phi) is 4.91. The highest BCUT2D eigenvalue weighted by Crippen LogP contribution is 2.55. The summed E-state index contributed by atoms with van der Waals surface area (Å²) in [6, 6.07) is 0.0773. The third-order valence-corrected chi connectivity index (χ3v) is 4.90. The van der Waals surface area contributed by atoms with E-state index < -0.39 is 11.8 Å². The van der Waals surface area contributed by atoms with E-state index in [2.05, 4.69) is 18.7 Å².